The van der Waals surface area contributed by atoms with E-state index in [1.54, 1.807) is 11.3 Å². The number of nitrogens with two attached hydrogens (primary N) is 1. The van der Waals surface area contributed by atoms with Crippen molar-refractivity contribution in [1.29, 1.82) is 0 Å². The fraction of sp³-hybridized carbons (Fsp3) is 0.552. The van der Waals surface area contributed by atoms with E-state index >= 15 is 0 Å². The maximum absolute atomic E-state index is 13.7. The number of nitrogens with one attached hydrogen (secondary N) is 2. The van der Waals surface area contributed by atoms with Crippen LogP contribution in [0.15, 0.2) is 29.8 Å². The third-order valence-electron chi connectivity index (χ3n) is 7.14. The van der Waals surface area contributed by atoms with Crippen LogP contribution in [0.5, 0.6) is 0 Å². The Morgan fingerprint density at radius 2 is 1.77 bits per heavy atom. The van der Waals surface area contributed by atoms with Crippen LogP contribution in [0.1, 0.15) is 77.1 Å². The Bertz CT molecular complexity index is 1210. The molecular weight excluding hydrogens is 530 g/mol. The summed E-state index contributed by atoms with van der Waals surface area (Å²) in [6, 6.07) is 5.84. The highest BCUT2D eigenvalue weighted by atomic mass is 32.1. The van der Waals surface area contributed by atoms with Crippen molar-refractivity contribution in [2.75, 3.05) is 6.54 Å². The van der Waals surface area contributed by atoms with E-state index in [4.69, 9.17) is 5.73 Å². The summed E-state index contributed by atoms with van der Waals surface area (Å²) in [6.07, 6.45) is 0.581. The lowest BCUT2D eigenvalue weighted by molar-refractivity contribution is -0.144. The molecule has 11 heteroatoms. The van der Waals surface area contributed by atoms with Gasteiger partial charge in [0.2, 0.25) is 23.6 Å². The van der Waals surface area contributed by atoms with Gasteiger partial charge >= 0.3 is 0 Å². The molecule has 40 heavy (non-hydrogen) atoms. The van der Waals surface area contributed by atoms with Gasteiger partial charge in [0, 0.05) is 25.8 Å². The standard InChI is InChI=1S/C29H41N5O5S/c1-17(19-10-12-20(13-11-19)25-18(2)31-16-40-25)32-27(38)22-14-21(35)15-34(22)28(39)26(29(3,4)5)33-24(37)9-7-6-8-23(30)36/h10-13,16-17,21-22,26,35H,6-9,14-15H2,1-5H3,(H2,30,36)(H,32,38)(H,33,37)/t17-,21+,22-,26+/m0/s1. The number of likely N-dealkylation sites (tertiary alicyclic amines) is 1. The van der Waals surface area contributed by atoms with Gasteiger partial charge in [-0.3, -0.25) is 19.2 Å². The van der Waals surface area contributed by atoms with Crippen LogP contribution >= 0.6 is 11.3 Å². The molecule has 0 unspecified atom stereocenters. The Morgan fingerprint density at radius 3 is 2.35 bits per heavy atom. The van der Waals surface area contributed by atoms with Crippen molar-refractivity contribution in [2.45, 2.75) is 91.0 Å². The van der Waals surface area contributed by atoms with Crippen LogP contribution < -0.4 is 16.4 Å². The predicted molar refractivity (Wildman–Crippen MR) is 154 cm³/mol. The zero-order valence-electron chi connectivity index (χ0n) is 23.9. The molecule has 3 rings (SSSR count). The van der Waals surface area contributed by atoms with E-state index in [2.05, 4.69) is 15.6 Å². The van der Waals surface area contributed by atoms with Gasteiger partial charge in [-0.15, -0.1) is 11.3 Å². The van der Waals surface area contributed by atoms with Gasteiger partial charge < -0.3 is 26.4 Å². The second kappa shape index (κ2) is 13.4. The first-order valence-corrected chi connectivity index (χ1v) is 14.5. The smallest absolute Gasteiger partial charge is 0.246 e. The van der Waals surface area contributed by atoms with Crippen molar-refractivity contribution in [1.82, 2.24) is 20.5 Å². The van der Waals surface area contributed by atoms with Crippen molar-refractivity contribution in [2.24, 2.45) is 11.1 Å². The summed E-state index contributed by atoms with van der Waals surface area (Å²) in [7, 11) is 0. The quantitative estimate of drug-likeness (QED) is 0.304. The predicted octanol–water partition coefficient (Wildman–Crippen LogP) is 2.83. The van der Waals surface area contributed by atoms with Gasteiger partial charge in [0.05, 0.1) is 28.2 Å². The third-order valence-corrected chi connectivity index (χ3v) is 8.11. The number of carbonyl (C=O) groups excluding carboxylic acids is 4. The van der Waals surface area contributed by atoms with E-state index in [1.807, 2.05) is 64.4 Å². The lowest BCUT2D eigenvalue weighted by Gasteiger charge is -2.35. The lowest BCUT2D eigenvalue weighted by Crippen LogP contribution is -2.57. The minimum Gasteiger partial charge on any atom is -0.391 e. The van der Waals surface area contributed by atoms with E-state index in [1.165, 1.54) is 4.90 Å². The van der Waals surface area contributed by atoms with Crippen LogP contribution in [0.25, 0.3) is 10.4 Å². The molecule has 0 saturated carbocycles. The van der Waals surface area contributed by atoms with E-state index in [0.717, 1.165) is 21.7 Å². The molecule has 218 valence electrons. The molecular formula is C29H41N5O5S. The number of thiazole rings is 1. The number of rotatable bonds is 11. The summed E-state index contributed by atoms with van der Waals surface area (Å²) in [5.74, 6) is -1.50. The number of hydrogen-bond donors (Lipinski definition) is 4. The minimum atomic E-state index is -0.892. The van der Waals surface area contributed by atoms with Gasteiger partial charge in [0.25, 0.3) is 0 Å². The molecule has 4 amide bonds. The molecule has 1 aliphatic heterocycles. The van der Waals surface area contributed by atoms with Crippen molar-refractivity contribution in [3.63, 3.8) is 0 Å². The Balaban J connectivity index is 1.67. The summed E-state index contributed by atoms with van der Waals surface area (Å²) >= 11 is 1.58. The maximum atomic E-state index is 13.7. The van der Waals surface area contributed by atoms with Crippen molar-refractivity contribution in [3.8, 4) is 10.4 Å². The van der Waals surface area contributed by atoms with Crippen LogP contribution in [-0.4, -0.2) is 63.4 Å². The van der Waals surface area contributed by atoms with Gasteiger partial charge in [-0.2, -0.15) is 0 Å². The highest BCUT2D eigenvalue weighted by Crippen LogP contribution is 2.29. The zero-order valence-corrected chi connectivity index (χ0v) is 24.7. The molecule has 1 aromatic carbocycles. The van der Waals surface area contributed by atoms with Gasteiger partial charge in [-0.25, -0.2) is 4.98 Å². The van der Waals surface area contributed by atoms with Gasteiger partial charge in [0.1, 0.15) is 12.1 Å². The van der Waals surface area contributed by atoms with Crippen LogP contribution in [0.3, 0.4) is 0 Å². The highest BCUT2D eigenvalue weighted by Gasteiger charge is 2.44. The lowest BCUT2D eigenvalue weighted by atomic mass is 9.85. The summed E-state index contributed by atoms with van der Waals surface area (Å²) in [4.78, 5) is 57.4. The molecule has 1 saturated heterocycles. The Hall–Kier alpha value is -3.31. The van der Waals surface area contributed by atoms with Crippen LogP contribution in [-0.2, 0) is 19.2 Å². The molecule has 0 aliphatic carbocycles. The average molecular weight is 572 g/mol. The number of benzene rings is 1. The first-order chi connectivity index (χ1) is 18.8. The largest absolute Gasteiger partial charge is 0.391 e. The van der Waals surface area contributed by atoms with Crippen LogP contribution in [0, 0.1) is 12.3 Å². The number of nitrogens with zero attached hydrogens (tertiary/aromatic N) is 2. The molecule has 0 radical (unpaired) electrons. The monoisotopic (exact) mass is 571 g/mol. The fourth-order valence-electron chi connectivity index (χ4n) is 4.83. The molecule has 10 nitrogen and oxygen atoms in total. The summed E-state index contributed by atoms with van der Waals surface area (Å²) in [5.41, 5.74) is 9.26. The number of aliphatic hydroxyl groups excluding tert-OH is 1. The van der Waals surface area contributed by atoms with Crippen molar-refractivity contribution < 1.29 is 24.3 Å². The number of aromatic nitrogens is 1. The van der Waals surface area contributed by atoms with Crippen LogP contribution in [0.4, 0.5) is 0 Å². The number of hydrogen-bond acceptors (Lipinski definition) is 7. The molecule has 2 heterocycles. The Labute approximate surface area is 239 Å². The second-order valence-electron chi connectivity index (χ2n) is 11.6. The van der Waals surface area contributed by atoms with Crippen molar-refractivity contribution in [3.05, 3.63) is 41.0 Å². The number of unbranched alkanes of at least 4 members (excludes halogenated alkanes) is 1. The highest BCUT2D eigenvalue weighted by molar-refractivity contribution is 7.13. The number of aliphatic hydroxyl groups is 1. The first-order valence-electron chi connectivity index (χ1n) is 13.6. The van der Waals surface area contributed by atoms with E-state index in [-0.39, 0.29) is 43.7 Å². The second-order valence-corrected chi connectivity index (χ2v) is 12.4. The Kier molecular flexibility index (Phi) is 10.4. The summed E-state index contributed by atoms with van der Waals surface area (Å²) in [5, 5.41) is 16.2. The van der Waals surface area contributed by atoms with Gasteiger partial charge in [-0.1, -0.05) is 45.0 Å². The van der Waals surface area contributed by atoms with E-state index in [0.29, 0.717) is 12.8 Å². The average Bonchev–Trinajstić information content (AvgIpc) is 3.49. The molecule has 4 atom stereocenters. The van der Waals surface area contributed by atoms with Gasteiger partial charge in [0.15, 0.2) is 0 Å². The number of aryl methyl sites for hydroxylation is 1. The molecule has 0 spiro atoms. The summed E-state index contributed by atoms with van der Waals surface area (Å²) < 4.78 is 0. The van der Waals surface area contributed by atoms with Crippen LogP contribution in [0.2, 0.25) is 0 Å². The molecule has 1 aromatic heterocycles. The maximum Gasteiger partial charge on any atom is 0.246 e. The first kappa shape index (κ1) is 31.2. The summed E-state index contributed by atoms with van der Waals surface area (Å²) in [6.45, 7) is 9.36. The third kappa shape index (κ3) is 8.11. The van der Waals surface area contributed by atoms with E-state index < -0.39 is 35.4 Å². The molecule has 1 fully saturated rings. The fourth-order valence-corrected chi connectivity index (χ4v) is 5.65. The molecule has 1 aliphatic rings. The number of primary amides is 1. The van der Waals surface area contributed by atoms with Crippen molar-refractivity contribution >= 4 is 35.0 Å². The Morgan fingerprint density at radius 1 is 1.12 bits per heavy atom. The zero-order chi connectivity index (χ0) is 29.6. The number of β-amino-alcohol motifs (C(OH)–C–C–N with tert-alkyl or cyclic N) is 1. The number of amides is 4. The topological polar surface area (TPSA) is 155 Å². The molecule has 0 bridgehead atoms. The van der Waals surface area contributed by atoms with E-state index in [9.17, 15) is 24.3 Å². The minimum absolute atomic E-state index is 0.00919. The molecule has 2 aromatic rings. The normalized spacial score (nSPS) is 18.7. The number of carbonyl (C=O) groups is 4. The van der Waals surface area contributed by atoms with Gasteiger partial charge in [-0.05, 0) is 43.2 Å². The molecule has 5 N–H and O–H groups in total. The SMILES string of the molecule is Cc1ncsc1-c1ccc([C@H](C)NC(=O)[C@@H]2C[C@@H](O)CN2C(=O)[C@@H](NC(=O)CCCCC(N)=O)C(C)(C)C)cc1.